The van der Waals surface area contributed by atoms with Crippen LogP contribution in [0, 0.1) is 20.8 Å². The van der Waals surface area contributed by atoms with Gasteiger partial charge in [0.15, 0.2) is 5.78 Å². The number of nitrogens with zero attached hydrogens (tertiary/aromatic N) is 2. The number of hydrogen-bond donors (Lipinski definition) is 0. The highest BCUT2D eigenvalue weighted by Gasteiger charge is 2.11. The number of halogens is 1. The van der Waals surface area contributed by atoms with Crippen molar-refractivity contribution in [3.05, 3.63) is 45.2 Å². The van der Waals surface area contributed by atoms with Crippen LogP contribution in [0.5, 0.6) is 0 Å². The third-order valence-corrected chi connectivity index (χ3v) is 3.89. The molecule has 0 unspecified atom stereocenters. The Hall–Kier alpha value is -1.42. The zero-order valence-electron chi connectivity index (χ0n) is 10.9. The van der Waals surface area contributed by atoms with Crippen molar-refractivity contribution in [2.24, 2.45) is 0 Å². The number of hydrogen-bond acceptors (Lipinski definition) is 2. The summed E-state index contributed by atoms with van der Waals surface area (Å²) in [5.41, 5.74) is 4.99. The highest BCUT2D eigenvalue weighted by atomic mass is 79.9. The molecule has 0 radical (unpaired) electrons. The number of carbonyl (C=O) groups excluding carboxylic acids is 1. The average Bonchev–Trinajstić information content (AvgIpc) is 2.56. The normalized spacial score (nSPS) is 10.7. The van der Waals surface area contributed by atoms with Crippen LogP contribution in [0.3, 0.4) is 0 Å². The average molecular weight is 307 g/mol. The highest BCUT2D eigenvalue weighted by molar-refractivity contribution is 9.10. The van der Waals surface area contributed by atoms with Crippen LogP contribution in [0.2, 0.25) is 0 Å². The summed E-state index contributed by atoms with van der Waals surface area (Å²) in [5, 5.41) is 4.51. The van der Waals surface area contributed by atoms with E-state index in [1.807, 2.05) is 36.7 Å². The van der Waals surface area contributed by atoms with Crippen LogP contribution in [0.15, 0.2) is 22.7 Å². The summed E-state index contributed by atoms with van der Waals surface area (Å²) in [7, 11) is 0. The van der Waals surface area contributed by atoms with Crippen LogP contribution >= 0.6 is 15.9 Å². The lowest BCUT2D eigenvalue weighted by Gasteiger charge is -2.07. The number of Topliss-reactive ketones (excluding diaryl/α,β-unsaturated/α-hetero) is 1. The van der Waals surface area contributed by atoms with Crippen LogP contribution in [0.4, 0.5) is 0 Å². The summed E-state index contributed by atoms with van der Waals surface area (Å²) < 4.78 is 2.71. The van der Waals surface area contributed by atoms with Gasteiger partial charge >= 0.3 is 0 Å². The predicted molar refractivity (Wildman–Crippen MR) is 75.5 cm³/mol. The molecular weight excluding hydrogens is 292 g/mol. The molecule has 4 heteroatoms. The van der Waals surface area contributed by atoms with Crippen molar-refractivity contribution in [3.63, 3.8) is 0 Å². The fourth-order valence-corrected chi connectivity index (χ4v) is 2.54. The summed E-state index contributed by atoms with van der Waals surface area (Å²) >= 11 is 3.43. The first kappa shape index (κ1) is 13.0. The molecule has 3 nitrogen and oxygen atoms in total. The molecule has 0 aliphatic heterocycles. The van der Waals surface area contributed by atoms with Gasteiger partial charge in [0.2, 0.25) is 0 Å². The van der Waals surface area contributed by atoms with E-state index in [0.717, 1.165) is 21.5 Å². The SMILES string of the molecule is CC(=O)c1ccc(-n2nc(C)c(C)c2C)cc1Br. The Morgan fingerprint density at radius 2 is 1.94 bits per heavy atom. The van der Waals surface area contributed by atoms with Crippen molar-refractivity contribution >= 4 is 21.7 Å². The van der Waals surface area contributed by atoms with E-state index in [2.05, 4.69) is 28.0 Å². The van der Waals surface area contributed by atoms with Gasteiger partial charge in [-0.15, -0.1) is 0 Å². The van der Waals surface area contributed by atoms with Gasteiger partial charge in [-0.25, -0.2) is 4.68 Å². The molecular formula is C14H15BrN2O. The number of carbonyl (C=O) groups is 1. The van der Waals surface area contributed by atoms with Crippen LogP contribution < -0.4 is 0 Å². The minimum atomic E-state index is 0.0537. The van der Waals surface area contributed by atoms with Gasteiger partial charge in [0, 0.05) is 15.7 Å². The Kier molecular flexibility index (Phi) is 3.39. The van der Waals surface area contributed by atoms with E-state index in [4.69, 9.17) is 0 Å². The number of aryl methyl sites for hydroxylation is 1. The lowest BCUT2D eigenvalue weighted by Crippen LogP contribution is -2.01. The first-order chi connectivity index (χ1) is 8.41. The summed E-state index contributed by atoms with van der Waals surface area (Å²) in [6.07, 6.45) is 0. The quantitative estimate of drug-likeness (QED) is 0.792. The molecule has 0 fully saturated rings. The Morgan fingerprint density at radius 3 is 2.39 bits per heavy atom. The van der Waals surface area contributed by atoms with E-state index in [0.29, 0.717) is 5.56 Å². The van der Waals surface area contributed by atoms with Gasteiger partial charge in [-0.1, -0.05) is 0 Å². The molecule has 18 heavy (non-hydrogen) atoms. The van der Waals surface area contributed by atoms with Crippen molar-refractivity contribution in [3.8, 4) is 5.69 Å². The van der Waals surface area contributed by atoms with Crippen molar-refractivity contribution in [1.29, 1.82) is 0 Å². The van der Waals surface area contributed by atoms with Crippen LogP contribution in [0.25, 0.3) is 5.69 Å². The summed E-state index contributed by atoms with van der Waals surface area (Å²) in [6.45, 7) is 7.67. The zero-order chi connectivity index (χ0) is 13.4. The number of benzene rings is 1. The van der Waals surface area contributed by atoms with Gasteiger partial charge in [0.25, 0.3) is 0 Å². The highest BCUT2D eigenvalue weighted by Crippen LogP contribution is 2.23. The molecule has 0 aliphatic carbocycles. The molecule has 0 saturated carbocycles. The van der Waals surface area contributed by atoms with Gasteiger partial charge in [0.1, 0.15) is 0 Å². The molecule has 2 aromatic rings. The van der Waals surface area contributed by atoms with Crippen molar-refractivity contribution in [1.82, 2.24) is 9.78 Å². The summed E-state index contributed by atoms with van der Waals surface area (Å²) in [6, 6.07) is 5.67. The maximum atomic E-state index is 11.4. The van der Waals surface area contributed by atoms with Crippen LogP contribution in [-0.4, -0.2) is 15.6 Å². The topological polar surface area (TPSA) is 34.9 Å². The predicted octanol–water partition coefficient (Wildman–Crippen LogP) is 3.76. The lowest BCUT2D eigenvalue weighted by molar-refractivity contribution is 0.101. The maximum absolute atomic E-state index is 11.4. The minimum Gasteiger partial charge on any atom is -0.294 e. The molecule has 1 heterocycles. The number of ketones is 1. The first-order valence-electron chi connectivity index (χ1n) is 5.75. The number of aromatic nitrogens is 2. The van der Waals surface area contributed by atoms with Gasteiger partial charge < -0.3 is 0 Å². The van der Waals surface area contributed by atoms with Crippen LogP contribution in [-0.2, 0) is 0 Å². The summed E-state index contributed by atoms with van der Waals surface area (Å²) in [5.74, 6) is 0.0537. The number of rotatable bonds is 2. The smallest absolute Gasteiger partial charge is 0.160 e. The molecule has 0 aliphatic rings. The Labute approximate surface area is 115 Å². The fraction of sp³-hybridized carbons (Fsp3) is 0.286. The Balaban J connectivity index is 2.55. The lowest BCUT2D eigenvalue weighted by atomic mass is 10.1. The fourth-order valence-electron chi connectivity index (χ4n) is 1.89. The van der Waals surface area contributed by atoms with Crippen LogP contribution in [0.1, 0.15) is 34.2 Å². The van der Waals surface area contributed by atoms with E-state index < -0.39 is 0 Å². The molecule has 1 aromatic heterocycles. The van der Waals surface area contributed by atoms with E-state index in [1.54, 1.807) is 6.92 Å². The van der Waals surface area contributed by atoms with E-state index in [9.17, 15) is 4.79 Å². The van der Waals surface area contributed by atoms with E-state index in [-0.39, 0.29) is 5.78 Å². The molecule has 1 aromatic carbocycles. The minimum absolute atomic E-state index is 0.0537. The van der Waals surface area contributed by atoms with Gasteiger partial charge in [-0.2, -0.15) is 5.10 Å². The monoisotopic (exact) mass is 306 g/mol. The molecule has 0 atom stereocenters. The van der Waals surface area contributed by atoms with E-state index >= 15 is 0 Å². The third-order valence-electron chi connectivity index (χ3n) is 3.23. The van der Waals surface area contributed by atoms with Crippen molar-refractivity contribution in [2.45, 2.75) is 27.7 Å². The second-order valence-electron chi connectivity index (χ2n) is 4.43. The molecule has 2 rings (SSSR count). The molecule has 94 valence electrons. The molecule has 0 N–H and O–H groups in total. The molecule has 0 spiro atoms. The van der Waals surface area contributed by atoms with Gasteiger partial charge in [-0.3, -0.25) is 4.79 Å². The molecule has 0 amide bonds. The van der Waals surface area contributed by atoms with Gasteiger partial charge in [-0.05, 0) is 67.4 Å². The molecule has 0 saturated heterocycles. The van der Waals surface area contributed by atoms with Crippen molar-refractivity contribution < 1.29 is 4.79 Å². The Bertz CT molecular complexity index is 629. The largest absolute Gasteiger partial charge is 0.294 e. The third kappa shape index (κ3) is 2.12. The standard InChI is InChI=1S/C14H15BrN2O/c1-8-9(2)16-17(10(8)3)12-5-6-13(11(4)18)14(15)7-12/h5-7H,1-4H3. The zero-order valence-corrected chi connectivity index (χ0v) is 12.5. The van der Waals surface area contributed by atoms with E-state index in [1.165, 1.54) is 5.56 Å². The second kappa shape index (κ2) is 4.69. The van der Waals surface area contributed by atoms with Gasteiger partial charge in [0.05, 0.1) is 11.4 Å². The molecule has 0 bridgehead atoms. The Morgan fingerprint density at radius 1 is 1.28 bits per heavy atom. The van der Waals surface area contributed by atoms with Crippen molar-refractivity contribution in [2.75, 3.05) is 0 Å². The second-order valence-corrected chi connectivity index (χ2v) is 5.28. The maximum Gasteiger partial charge on any atom is 0.160 e. The first-order valence-corrected chi connectivity index (χ1v) is 6.54. The summed E-state index contributed by atoms with van der Waals surface area (Å²) in [4.78, 5) is 11.4.